The fourth-order valence-corrected chi connectivity index (χ4v) is 2.91. The molecule has 21 heavy (non-hydrogen) atoms. The zero-order valence-electron chi connectivity index (χ0n) is 11.8. The molecule has 0 aliphatic rings. The van der Waals surface area contributed by atoms with Crippen LogP contribution in [-0.4, -0.2) is 17.5 Å². The van der Waals surface area contributed by atoms with Crippen molar-refractivity contribution in [3.8, 4) is 11.1 Å². The molecule has 0 N–H and O–H groups in total. The number of fused-ring (bicyclic) bond motifs is 1. The number of esters is 1. The van der Waals surface area contributed by atoms with Crippen LogP contribution in [0, 0.1) is 6.92 Å². The van der Waals surface area contributed by atoms with Crippen LogP contribution in [0.1, 0.15) is 16.1 Å². The maximum absolute atomic E-state index is 12.3. The predicted molar refractivity (Wildman–Crippen MR) is 86.6 cm³/mol. The molecule has 1 aromatic carbocycles. The van der Waals surface area contributed by atoms with E-state index < -0.39 is 0 Å². The molecule has 0 unspecified atom stereocenters. The number of methoxy groups -OCH3 is 1. The van der Waals surface area contributed by atoms with Crippen LogP contribution >= 0.6 is 15.9 Å². The number of hydrogen-bond donors (Lipinski definition) is 0. The van der Waals surface area contributed by atoms with Crippen LogP contribution in [0.5, 0.6) is 0 Å². The van der Waals surface area contributed by atoms with Crippen molar-refractivity contribution >= 4 is 27.4 Å². The molecule has 0 fully saturated rings. The first-order valence-electron chi connectivity index (χ1n) is 6.57. The molecule has 4 heteroatoms. The number of aromatic nitrogens is 1. The minimum absolute atomic E-state index is 0.315. The van der Waals surface area contributed by atoms with Crippen LogP contribution in [0.15, 0.2) is 53.1 Å². The van der Waals surface area contributed by atoms with Gasteiger partial charge in [-0.3, -0.25) is 0 Å². The van der Waals surface area contributed by atoms with E-state index in [1.807, 2.05) is 60.0 Å². The quantitative estimate of drug-likeness (QED) is 0.643. The van der Waals surface area contributed by atoms with Crippen molar-refractivity contribution in [2.45, 2.75) is 6.92 Å². The molecule has 0 spiro atoms. The van der Waals surface area contributed by atoms with Crippen molar-refractivity contribution in [2.75, 3.05) is 7.11 Å². The van der Waals surface area contributed by atoms with Gasteiger partial charge in [-0.25, -0.2) is 4.79 Å². The SMILES string of the molecule is COC(=O)c1c(-c2ccc(Br)cc2)c(C)n2ccccc12. The van der Waals surface area contributed by atoms with Gasteiger partial charge in [0.2, 0.25) is 0 Å². The highest BCUT2D eigenvalue weighted by atomic mass is 79.9. The molecule has 3 aromatic rings. The summed E-state index contributed by atoms with van der Waals surface area (Å²) in [6.07, 6.45) is 1.96. The van der Waals surface area contributed by atoms with Gasteiger partial charge in [0.15, 0.2) is 0 Å². The van der Waals surface area contributed by atoms with E-state index in [-0.39, 0.29) is 5.97 Å². The summed E-state index contributed by atoms with van der Waals surface area (Å²) in [4.78, 5) is 12.3. The molecule has 3 rings (SSSR count). The largest absolute Gasteiger partial charge is 0.465 e. The lowest BCUT2D eigenvalue weighted by atomic mass is 10.0. The molecule has 0 atom stereocenters. The number of benzene rings is 1. The Bertz CT molecular complexity index is 819. The predicted octanol–water partition coefficient (Wildman–Crippen LogP) is 4.46. The number of hydrogen-bond acceptors (Lipinski definition) is 2. The van der Waals surface area contributed by atoms with Crippen molar-refractivity contribution in [2.24, 2.45) is 0 Å². The van der Waals surface area contributed by atoms with Gasteiger partial charge in [-0.05, 0) is 36.8 Å². The molecular formula is C17H14BrNO2. The fourth-order valence-electron chi connectivity index (χ4n) is 2.65. The van der Waals surface area contributed by atoms with Gasteiger partial charge >= 0.3 is 5.97 Å². The molecule has 0 amide bonds. The molecule has 2 aromatic heterocycles. The summed E-state index contributed by atoms with van der Waals surface area (Å²) in [5, 5.41) is 0. The first-order valence-corrected chi connectivity index (χ1v) is 7.36. The average molecular weight is 344 g/mol. The summed E-state index contributed by atoms with van der Waals surface area (Å²) in [7, 11) is 1.41. The second-order valence-corrected chi connectivity index (χ2v) is 5.71. The van der Waals surface area contributed by atoms with Crippen molar-refractivity contribution in [3.05, 3.63) is 64.4 Å². The lowest BCUT2D eigenvalue weighted by Crippen LogP contribution is -2.02. The van der Waals surface area contributed by atoms with Gasteiger partial charge in [0.1, 0.15) is 0 Å². The lowest BCUT2D eigenvalue weighted by Gasteiger charge is -2.05. The Morgan fingerprint density at radius 1 is 1.14 bits per heavy atom. The lowest BCUT2D eigenvalue weighted by molar-refractivity contribution is 0.0604. The topological polar surface area (TPSA) is 30.7 Å². The fraction of sp³-hybridized carbons (Fsp3) is 0.118. The number of nitrogens with zero attached hydrogens (tertiary/aromatic N) is 1. The number of pyridine rings is 1. The van der Waals surface area contributed by atoms with Gasteiger partial charge in [-0.1, -0.05) is 34.1 Å². The second kappa shape index (κ2) is 5.37. The molecule has 0 aliphatic carbocycles. The van der Waals surface area contributed by atoms with Crippen LogP contribution in [0.4, 0.5) is 0 Å². The number of carbonyl (C=O) groups excluding carboxylic acids is 1. The van der Waals surface area contributed by atoms with Crippen molar-refractivity contribution < 1.29 is 9.53 Å². The van der Waals surface area contributed by atoms with E-state index in [1.165, 1.54) is 7.11 Å². The molecule has 0 radical (unpaired) electrons. The van der Waals surface area contributed by atoms with E-state index in [1.54, 1.807) is 0 Å². The molecule has 0 aliphatic heterocycles. The second-order valence-electron chi connectivity index (χ2n) is 4.79. The first kappa shape index (κ1) is 13.9. The minimum atomic E-state index is -0.315. The maximum Gasteiger partial charge on any atom is 0.340 e. The Hall–Kier alpha value is -2.07. The highest BCUT2D eigenvalue weighted by Gasteiger charge is 2.22. The first-order chi connectivity index (χ1) is 10.1. The zero-order chi connectivity index (χ0) is 15.0. The molecule has 0 saturated carbocycles. The Labute approximate surface area is 131 Å². The summed E-state index contributed by atoms with van der Waals surface area (Å²) in [6.45, 7) is 2.01. The molecule has 3 nitrogen and oxygen atoms in total. The molecule has 2 heterocycles. The Kier molecular flexibility index (Phi) is 3.55. The normalized spacial score (nSPS) is 10.8. The molecule has 0 saturated heterocycles. The molecular weight excluding hydrogens is 330 g/mol. The monoisotopic (exact) mass is 343 g/mol. The Morgan fingerprint density at radius 3 is 2.52 bits per heavy atom. The van der Waals surface area contributed by atoms with Crippen molar-refractivity contribution in [3.63, 3.8) is 0 Å². The van der Waals surface area contributed by atoms with Gasteiger partial charge in [-0.15, -0.1) is 0 Å². The van der Waals surface area contributed by atoms with Crippen LogP contribution < -0.4 is 0 Å². The van der Waals surface area contributed by atoms with E-state index in [4.69, 9.17) is 4.74 Å². The van der Waals surface area contributed by atoms with E-state index >= 15 is 0 Å². The summed E-state index contributed by atoms with van der Waals surface area (Å²) < 4.78 is 8.01. The van der Waals surface area contributed by atoms with Crippen LogP contribution in [0.3, 0.4) is 0 Å². The van der Waals surface area contributed by atoms with Gasteiger partial charge in [0.25, 0.3) is 0 Å². The average Bonchev–Trinajstić information content (AvgIpc) is 2.81. The van der Waals surface area contributed by atoms with E-state index in [9.17, 15) is 4.79 Å². The highest BCUT2D eigenvalue weighted by Crippen LogP contribution is 2.33. The van der Waals surface area contributed by atoms with Gasteiger partial charge in [-0.2, -0.15) is 0 Å². The van der Waals surface area contributed by atoms with Crippen LogP contribution in [-0.2, 0) is 4.74 Å². The molecule has 0 bridgehead atoms. The van der Waals surface area contributed by atoms with Crippen molar-refractivity contribution in [1.29, 1.82) is 0 Å². The number of carbonyl (C=O) groups is 1. The Balaban J connectivity index is 2.37. The zero-order valence-corrected chi connectivity index (χ0v) is 13.3. The highest BCUT2D eigenvalue weighted by molar-refractivity contribution is 9.10. The number of aryl methyl sites for hydroxylation is 1. The third-order valence-corrected chi connectivity index (χ3v) is 4.14. The van der Waals surface area contributed by atoms with E-state index in [2.05, 4.69) is 15.9 Å². The number of halogens is 1. The van der Waals surface area contributed by atoms with E-state index in [0.717, 1.165) is 26.8 Å². The summed E-state index contributed by atoms with van der Waals surface area (Å²) in [6, 6.07) is 13.7. The van der Waals surface area contributed by atoms with Crippen molar-refractivity contribution in [1.82, 2.24) is 4.40 Å². The molecule has 106 valence electrons. The van der Waals surface area contributed by atoms with Crippen LogP contribution in [0.2, 0.25) is 0 Å². The smallest absolute Gasteiger partial charge is 0.340 e. The maximum atomic E-state index is 12.3. The summed E-state index contributed by atoms with van der Waals surface area (Å²) >= 11 is 3.44. The standard InChI is InChI=1S/C17H14BrNO2/c1-11-15(12-6-8-13(18)9-7-12)16(17(20)21-2)14-5-3-4-10-19(11)14/h3-10H,1-2H3. The summed E-state index contributed by atoms with van der Waals surface area (Å²) in [5.74, 6) is -0.315. The minimum Gasteiger partial charge on any atom is -0.465 e. The Morgan fingerprint density at radius 2 is 1.86 bits per heavy atom. The third kappa shape index (κ3) is 2.25. The van der Waals surface area contributed by atoms with Gasteiger partial charge < -0.3 is 9.14 Å². The van der Waals surface area contributed by atoms with E-state index in [0.29, 0.717) is 5.56 Å². The van der Waals surface area contributed by atoms with Gasteiger partial charge in [0, 0.05) is 21.9 Å². The third-order valence-electron chi connectivity index (χ3n) is 3.61. The number of ether oxygens (including phenoxy) is 1. The number of rotatable bonds is 2. The van der Waals surface area contributed by atoms with Gasteiger partial charge in [0.05, 0.1) is 18.2 Å². The van der Waals surface area contributed by atoms with Crippen LogP contribution in [0.25, 0.3) is 16.6 Å². The summed E-state index contributed by atoms with van der Waals surface area (Å²) in [5.41, 5.74) is 4.41.